The fourth-order valence-electron chi connectivity index (χ4n) is 3.08. The summed E-state index contributed by atoms with van der Waals surface area (Å²) in [5.41, 5.74) is 2.40. The van der Waals surface area contributed by atoms with Crippen LogP contribution in [0.1, 0.15) is 25.0 Å². The topological polar surface area (TPSA) is 47.6 Å². The SMILES string of the molecule is CC(C)(c1ccccc1)c1ccc(OCCNC(=O)COc2ccc(Cl)cc2)cc1. The zero-order valence-corrected chi connectivity index (χ0v) is 18.0. The summed E-state index contributed by atoms with van der Waals surface area (Å²) < 4.78 is 11.1. The minimum absolute atomic E-state index is 0.0507. The van der Waals surface area contributed by atoms with Gasteiger partial charge in [0.2, 0.25) is 0 Å². The van der Waals surface area contributed by atoms with Crippen molar-refractivity contribution < 1.29 is 14.3 Å². The average Bonchev–Trinajstić information content (AvgIpc) is 2.77. The van der Waals surface area contributed by atoms with E-state index in [4.69, 9.17) is 21.1 Å². The van der Waals surface area contributed by atoms with Gasteiger partial charge in [-0.3, -0.25) is 4.79 Å². The average molecular weight is 424 g/mol. The number of amides is 1. The molecule has 4 nitrogen and oxygen atoms in total. The van der Waals surface area contributed by atoms with Crippen LogP contribution < -0.4 is 14.8 Å². The standard InChI is InChI=1S/C25H26ClNO3/c1-25(2,19-6-4-3-5-7-19)20-8-12-22(13-9-20)29-17-16-27-24(28)18-30-23-14-10-21(26)11-15-23/h3-15H,16-18H2,1-2H3,(H,27,28). The number of rotatable bonds is 9. The van der Waals surface area contributed by atoms with E-state index in [2.05, 4.69) is 55.6 Å². The lowest BCUT2D eigenvalue weighted by atomic mass is 9.78. The number of carbonyl (C=O) groups is 1. The maximum Gasteiger partial charge on any atom is 0.258 e. The van der Waals surface area contributed by atoms with Crippen molar-refractivity contribution in [3.63, 3.8) is 0 Å². The molecule has 1 amide bonds. The molecule has 3 aromatic carbocycles. The van der Waals surface area contributed by atoms with Crippen molar-refractivity contribution in [3.8, 4) is 11.5 Å². The highest BCUT2D eigenvalue weighted by Gasteiger charge is 2.22. The number of hydrogen-bond acceptors (Lipinski definition) is 3. The van der Waals surface area contributed by atoms with Gasteiger partial charge in [0.25, 0.3) is 5.91 Å². The monoisotopic (exact) mass is 423 g/mol. The van der Waals surface area contributed by atoms with Gasteiger partial charge in [-0.15, -0.1) is 0 Å². The second kappa shape index (κ2) is 10.2. The molecule has 5 heteroatoms. The van der Waals surface area contributed by atoms with Crippen LogP contribution in [0.25, 0.3) is 0 Å². The van der Waals surface area contributed by atoms with Crippen LogP contribution in [0.2, 0.25) is 5.02 Å². The van der Waals surface area contributed by atoms with Crippen LogP contribution in [0.5, 0.6) is 11.5 Å². The molecule has 0 atom stereocenters. The van der Waals surface area contributed by atoms with Gasteiger partial charge in [0.15, 0.2) is 6.61 Å². The van der Waals surface area contributed by atoms with Crippen molar-refractivity contribution >= 4 is 17.5 Å². The highest BCUT2D eigenvalue weighted by atomic mass is 35.5. The van der Waals surface area contributed by atoms with Gasteiger partial charge in [-0.2, -0.15) is 0 Å². The summed E-state index contributed by atoms with van der Waals surface area (Å²) in [6, 6.07) is 25.4. The van der Waals surface area contributed by atoms with Gasteiger partial charge in [-0.25, -0.2) is 0 Å². The molecule has 0 aromatic heterocycles. The summed E-state index contributed by atoms with van der Waals surface area (Å²) in [4.78, 5) is 11.9. The highest BCUT2D eigenvalue weighted by molar-refractivity contribution is 6.30. The predicted octanol–water partition coefficient (Wildman–Crippen LogP) is 5.24. The summed E-state index contributed by atoms with van der Waals surface area (Å²) in [6.45, 7) is 5.15. The lowest BCUT2D eigenvalue weighted by molar-refractivity contribution is -0.123. The fourth-order valence-corrected chi connectivity index (χ4v) is 3.21. The van der Waals surface area contributed by atoms with E-state index in [1.54, 1.807) is 24.3 Å². The Morgan fingerprint density at radius 3 is 2.07 bits per heavy atom. The lowest BCUT2D eigenvalue weighted by Crippen LogP contribution is -2.32. The van der Waals surface area contributed by atoms with Gasteiger partial charge in [-0.05, 0) is 47.5 Å². The van der Waals surface area contributed by atoms with Gasteiger partial charge < -0.3 is 14.8 Å². The molecular weight excluding hydrogens is 398 g/mol. The second-order valence-corrected chi connectivity index (χ2v) is 7.89. The zero-order valence-electron chi connectivity index (χ0n) is 17.2. The molecule has 0 saturated heterocycles. The Morgan fingerprint density at radius 2 is 1.40 bits per heavy atom. The largest absolute Gasteiger partial charge is 0.492 e. The van der Waals surface area contributed by atoms with E-state index in [0.29, 0.717) is 23.9 Å². The first kappa shape index (κ1) is 21.7. The van der Waals surface area contributed by atoms with E-state index in [1.165, 1.54) is 11.1 Å². The van der Waals surface area contributed by atoms with Gasteiger partial charge in [0, 0.05) is 10.4 Å². The summed E-state index contributed by atoms with van der Waals surface area (Å²) in [6.07, 6.45) is 0. The molecule has 3 aromatic rings. The van der Waals surface area contributed by atoms with Gasteiger partial charge in [-0.1, -0.05) is 67.9 Å². The number of benzene rings is 3. The van der Waals surface area contributed by atoms with Crippen molar-refractivity contribution in [2.45, 2.75) is 19.3 Å². The van der Waals surface area contributed by atoms with Crippen LogP contribution in [0.15, 0.2) is 78.9 Å². The Morgan fingerprint density at radius 1 is 0.833 bits per heavy atom. The van der Waals surface area contributed by atoms with Crippen LogP contribution in [0.3, 0.4) is 0 Å². The Kier molecular flexibility index (Phi) is 7.36. The van der Waals surface area contributed by atoms with E-state index < -0.39 is 0 Å². The van der Waals surface area contributed by atoms with Crippen molar-refractivity contribution in [2.24, 2.45) is 0 Å². The summed E-state index contributed by atoms with van der Waals surface area (Å²) >= 11 is 5.82. The van der Waals surface area contributed by atoms with Gasteiger partial charge in [0.05, 0.1) is 6.54 Å². The Labute approximate surface area is 182 Å². The molecule has 1 N–H and O–H groups in total. The normalized spacial score (nSPS) is 11.0. The van der Waals surface area contributed by atoms with Crippen molar-refractivity contribution in [1.82, 2.24) is 5.32 Å². The van der Waals surface area contributed by atoms with Crippen LogP contribution in [0.4, 0.5) is 0 Å². The van der Waals surface area contributed by atoms with E-state index in [1.807, 2.05) is 18.2 Å². The number of halogens is 1. The summed E-state index contributed by atoms with van der Waals surface area (Å²) in [5, 5.41) is 3.40. The molecule has 0 aliphatic heterocycles. The zero-order chi connectivity index (χ0) is 21.4. The third-order valence-corrected chi connectivity index (χ3v) is 5.20. The van der Waals surface area contributed by atoms with Gasteiger partial charge >= 0.3 is 0 Å². The molecule has 0 spiro atoms. The van der Waals surface area contributed by atoms with E-state index in [0.717, 1.165) is 5.75 Å². The quantitative estimate of drug-likeness (QED) is 0.479. The molecule has 0 bridgehead atoms. The molecule has 3 rings (SSSR count). The van der Waals surface area contributed by atoms with Crippen LogP contribution in [-0.2, 0) is 10.2 Å². The fraction of sp³-hybridized carbons (Fsp3) is 0.240. The Balaban J connectivity index is 1.41. The first-order valence-corrected chi connectivity index (χ1v) is 10.3. The molecule has 0 aliphatic rings. The Hall–Kier alpha value is -2.98. The van der Waals surface area contributed by atoms with Crippen molar-refractivity contribution in [3.05, 3.63) is 95.0 Å². The lowest BCUT2D eigenvalue weighted by Gasteiger charge is -2.26. The number of carbonyl (C=O) groups excluding carboxylic acids is 1. The predicted molar refractivity (Wildman–Crippen MR) is 120 cm³/mol. The molecule has 0 radical (unpaired) electrons. The van der Waals surface area contributed by atoms with Crippen LogP contribution >= 0.6 is 11.6 Å². The van der Waals surface area contributed by atoms with Crippen LogP contribution in [0, 0.1) is 0 Å². The van der Waals surface area contributed by atoms with Gasteiger partial charge in [0.1, 0.15) is 18.1 Å². The molecule has 0 saturated carbocycles. The maximum atomic E-state index is 11.9. The first-order valence-electron chi connectivity index (χ1n) is 9.89. The molecule has 0 aliphatic carbocycles. The van der Waals surface area contributed by atoms with E-state index >= 15 is 0 Å². The Bertz CT molecular complexity index is 938. The molecular formula is C25H26ClNO3. The van der Waals surface area contributed by atoms with E-state index in [-0.39, 0.29) is 17.9 Å². The first-order chi connectivity index (χ1) is 14.4. The smallest absolute Gasteiger partial charge is 0.258 e. The minimum Gasteiger partial charge on any atom is -0.492 e. The van der Waals surface area contributed by atoms with Crippen molar-refractivity contribution in [1.29, 1.82) is 0 Å². The second-order valence-electron chi connectivity index (χ2n) is 7.46. The number of nitrogens with one attached hydrogen (secondary N) is 1. The minimum atomic E-state index is -0.200. The number of hydrogen-bond donors (Lipinski definition) is 1. The molecule has 30 heavy (non-hydrogen) atoms. The van der Waals surface area contributed by atoms with Crippen LogP contribution in [-0.4, -0.2) is 25.7 Å². The third-order valence-electron chi connectivity index (χ3n) is 4.95. The highest BCUT2D eigenvalue weighted by Crippen LogP contribution is 2.32. The molecule has 0 heterocycles. The molecule has 0 fully saturated rings. The molecule has 156 valence electrons. The van der Waals surface area contributed by atoms with Crippen molar-refractivity contribution in [2.75, 3.05) is 19.8 Å². The maximum absolute atomic E-state index is 11.9. The van der Waals surface area contributed by atoms with E-state index in [9.17, 15) is 4.79 Å². The molecule has 0 unspecified atom stereocenters. The summed E-state index contributed by atoms with van der Waals surface area (Å²) in [7, 11) is 0. The third kappa shape index (κ3) is 6.01. The summed E-state index contributed by atoms with van der Waals surface area (Å²) in [5.74, 6) is 1.17. The number of ether oxygens (including phenoxy) is 2.